The second-order valence-corrected chi connectivity index (χ2v) is 5.68. The van der Waals surface area contributed by atoms with Gasteiger partial charge in [-0.15, -0.1) is 0 Å². The molecule has 0 aromatic heterocycles. The first kappa shape index (κ1) is 8.22. The quantitative estimate of drug-likeness (QED) is 0.470. The Bertz CT molecular complexity index is 284. The van der Waals surface area contributed by atoms with E-state index in [1.54, 1.807) is 0 Å². The van der Waals surface area contributed by atoms with Gasteiger partial charge in [0.25, 0.3) is 0 Å². The molecule has 0 N–H and O–H groups in total. The first-order valence-electron chi connectivity index (χ1n) is 5.12. The van der Waals surface area contributed by atoms with Crippen LogP contribution in [0.15, 0.2) is 12.2 Å². The highest BCUT2D eigenvalue weighted by molar-refractivity contribution is 9.10. The molecule has 0 aromatic carbocycles. The number of carbonyl (C=O) groups is 1. The van der Waals surface area contributed by atoms with Crippen LogP contribution in [0.1, 0.15) is 19.3 Å². The summed E-state index contributed by atoms with van der Waals surface area (Å²) < 4.78 is 0. The van der Waals surface area contributed by atoms with Gasteiger partial charge in [-0.05, 0) is 37.0 Å². The Balaban J connectivity index is 2.04. The number of hydrogen-bond acceptors (Lipinski definition) is 1. The molecule has 2 fully saturated rings. The monoisotopic (exact) mass is 240 g/mol. The average molecular weight is 241 g/mol. The van der Waals surface area contributed by atoms with Gasteiger partial charge in [0, 0.05) is 5.92 Å². The SMILES string of the molecule is O=C1C2CC3C=CC(C(C3)C2)C1Br. The molecule has 5 unspecified atom stereocenters. The van der Waals surface area contributed by atoms with Gasteiger partial charge in [-0.2, -0.15) is 0 Å². The summed E-state index contributed by atoms with van der Waals surface area (Å²) in [6.07, 6.45) is 8.22. The molecular weight excluding hydrogens is 228 g/mol. The number of rotatable bonds is 0. The maximum absolute atomic E-state index is 11.8. The predicted molar refractivity (Wildman–Crippen MR) is 54.7 cm³/mol. The van der Waals surface area contributed by atoms with Crippen LogP contribution in [0.2, 0.25) is 0 Å². The Labute approximate surface area is 86.7 Å². The molecule has 0 heterocycles. The molecule has 5 atom stereocenters. The second-order valence-electron chi connectivity index (χ2n) is 4.69. The van der Waals surface area contributed by atoms with Gasteiger partial charge in [-0.1, -0.05) is 28.1 Å². The highest BCUT2D eigenvalue weighted by Gasteiger charge is 2.47. The van der Waals surface area contributed by atoms with Crippen LogP contribution in [-0.4, -0.2) is 10.6 Å². The Morgan fingerprint density at radius 2 is 2.08 bits per heavy atom. The van der Waals surface area contributed by atoms with Crippen molar-refractivity contribution in [2.75, 3.05) is 0 Å². The molecule has 3 bridgehead atoms. The van der Waals surface area contributed by atoms with Gasteiger partial charge >= 0.3 is 0 Å². The third kappa shape index (κ3) is 1.08. The Hall–Kier alpha value is -0.110. The molecule has 0 radical (unpaired) electrons. The van der Waals surface area contributed by atoms with Crippen LogP contribution in [-0.2, 0) is 4.79 Å². The third-order valence-corrected chi connectivity index (χ3v) is 5.00. The van der Waals surface area contributed by atoms with Crippen molar-refractivity contribution in [3.8, 4) is 0 Å². The number of hydrogen-bond donors (Lipinski definition) is 0. The van der Waals surface area contributed by atoms with Crippen LogP contribution in [0, 0.1) is 23.7 Å². The molecule has 2 heteroatoms. The van der Waals surface area contributed by atoms with Crippen molar-refractivity contribution in [3.63, 3.8) is 0 Å². The summed E-state index contributed by atoms with van der Waals surface area (Å²) in [4.78, 5) is 12.0. The lowest BCUT2D eigenvalue weighted by Crippen LogP contribution is -2.46. The van der Waals surface area contributed by atoms with Crippen LogP contribution >= 0.6 is 15.9 Å². The zero-order valence-corrected chi connectivity index (χ0v) is 9.03. The maximum atomic E-state index is 11.8. The van der Waals surface area contributed by atoms with E-state index in [1.807, 2.05) is 0 Å². The number of Topliss-reactive ketones (excluding diaryl/α,β-unsaturated/α-hetero) is 1. The zero-order chi connectivity index (χ0) is 9.00. The fourth-order valence-corrected chi connectivity index (χ4v) is 4.29. The van der Waals surface area contributed by atoms with E-state index < -0.39 is 0 Å². The van der Waals surface area contributed by atoms with Crippen LogP contribution in [0.25, 0.3) is 0 Å². The summed E-state index contributed by atoms with van der Waals surface area (Å²) in [5.74, 6) is 2.84. The first-order valence-corrected chi connectivity index (χ1v) is 6.03. The first-order chi connectivity index (χ1) is 6.25. The molecule has 0 amide bonds. The highest BCUT2D eigenvalue weighted by atomic mass is 79.9. The minimum absolute atomic E-state index is 0.119. The number of ketones is 1. The molecule has 0 aromatic rings. The molecule has 0 spiro atoms. The van der Waals surface area contributed by atoms with Gasteiger partial charge in [0.05, 0.1) is 4.83 Å². The molecule has 0 aliphatic heterocycles. The molecule has 1 nitrogen and oxygen atoms in total. The van der Waals surface area contributed by atoms with Crippen LogP contribution in [0.4, 0.5) is 0 Å². The van der Waals surface area contributed by atoms with E-state index in [9.17, 15) is 4.79 Å². The molecule has 3 aliphatic carbocycles. The summed E-state index contributed by atoms with van der Waals surface area (Å²) in [6, 6.07) is 0. The van der Waals surface area contributed by atoms with Crippen LogP contribution < -0.4 is 0 Å². The standard InChI is InChI=1S/C11H13BrO/c12-10-9-2-1-6-3-7(9)5-8(4-6)11(10)13/h1-2,6-10H,3-5H2. The lowest BCUT2D eigenvalue weighted by Gasteiger charge is -2.46. The fraction of sp³-hybridized carbons (Fsp3) is 0.727. The Kier molecular flexibility index (Phi) is 1.70. The summed E-state index contributed by atoms with van der Waals surface area (Å²) in [7, 11) is 0. The number of alkyl halides is 1. The lowest BCUT2D eigenvalue weighted by molar-refractivity contribution is -0.128. The molecule has 3 rings (SSSR count). The van der Waals surface area contributed by atoms with E-state index in [0.717, 1.165) is 18.8 Å². The van der Waals surface area contributed by atoms with E-state index >= 15 is 0 Å². The van der Waals surface area contributed by atoms with Gasteiger partial charge in [0.1, 0.15) is 5.78 Å². The molecule has 70 valence electrons. The van der Waals surface area contributed by atoms with Crippen molar-refractivity contribution in [1.82, 2.24) is 0 Å². The van der Waals surface area contributed by atoms with Gasteiger partial charge in [-0.3, -0.25) is 4.79 Å². The molecule has 3 aliphatic rings. The molecule has 13 heavy (non-hydrogen) atoms. The van der Waals surface area contributed by atoms with E-state index in [0.29, 0.717) is 23.5 Å². The largest absolute Gasteiger partial charge is 0.298 e. The zero-order valence-electron chi connectivity index (χ0n) is 7.45. The van der Waals surface area contributed by atoms with Gasteiger partial charge in [0.2, 0.25) is 0 Å². The van der Waals surface area contributed by atoms with Crippen molar-refractivity contribution in [2.45, 2.75) is 24.1 Å². The number of allylic oxidation sites excluding steroid dienone is 2. The van der Waals surface area contributed by atoms with Gasteiger partial charge in [-0.25, -0.2) is 0 Å². The fourth-order valence-electron chi connectivity index (χ4n) is 3.31. The molecule has 0 saturated heterocycles. The van der Waals surface area contributed by atoms with Gasteiger partial charge < -0.3 is 0 Å². The number of fused-ring (bicyclic) bond motifs is 2. The molecular formula is C11H13BrO. The number of halogens is 1. The Morgan fingerprint density at radius 1 is 1.23 bits per heavy atom. The minimum Gasteiger partial charge on any atom is -0.298 e. The van der Waals surface area contributed by atoms with Crippen molar-refractivity contribution in [1.29, 1.82) is 0 Å². The predicted octanol–water partition coefficient (Wildman–Crippen LogP) is 2.55. The lowest BCUT2D eigenvalue weighted by atomic mass is 9.60. The van der Waals surface area contributed by atoms with Crippen molar-refractivity contribution in [2.24, 2.45) is 23.7 Å². The maximum Gasteiger partial charge on any atom is 0.150 e. The third-order valence-electron chi connectivity index (χ3n) is 3.94. The second kappa shape index (κ2) is 2.69. The van der Waals surface area contributed by atoms with E-state index in [-0.39, 0.29) is 4.83 Å². The van der Waals surface area contributed by atoms with E-state index in [1.165, 1.54) is 6.42 Å². The summed E-state index contributed by atoms with van der Waals surface area (Å²) >= 11 is 3.56. The smallest absolute Gasteiger partial charge is 0.150 e. The van der Waals surface area contributed by atoms with Crippen LogP contribution in [0.5, 0.6) is 0 Å². The summed E-state index contributed by atoms with van der Waals surface area (Å²) in [5, 5.41) is 0. The van der Waals surface area contributed by atoms with E-state index in [2.05, 4.69) is 28.1 Å². The summed E-state index contributed by atoms with van der Waals surface area (Å²) in [6.45, 7) is 0. The van der Waals surface area contributed by atoms with E-state index in [4.69, 9.17) is 0 Å². The minimum atomic E-state index is 0.119. The number of carbonyl (C=O) groups excluding carboxylic acids is 1. The highest BCUT2D eigenvalue weighted by Crippen LogP contribution is 2.49. The topological polar surface area (TPSA) is 17.1 Å². The molecule has 2 saturated carbocycles. The van der Waals surface area contributed by atoms with Crippen molar-refractivity contribution in [3.05, 3.63) is 12.2 Å². The Morgan fingerprint density at radius 3 is 2.92 bits per heavy atom. The van der Waals surface area contributed by atoms with Crippen molar-refractivity contribution >= 4 is 21.7 Å². The van der Waals surface area contributed by atoms with Crippen molar-refractivity contribution < 1.29 is 4.79 Å². The van der Waals surface area contributed by atoms with Gasteiger partial charge in [0.15, 0.2) is 0 Å². The normalized spacial score (nSPS) is 52.7. The summed E-state index contributed by atoms with van der Waals surface area (Å²) in [5.41, 5.74) is 0. The van der Waals surface area contributed by atoms with Crippen LogP contribution in [0.3, 0.4) is 0 Å². The average Bonchev–Trinajstić information content (AvgIpc) is 2.14.